The predicted molar refractivity (Wildman–Crippen MR) is 116 cm³/mol. The predicted octanol–water partition coefficient (Wildman–Crippen LogP) is 4.47. The second kappa shape index (κ2) is 8.97. The van der Waals surface area contributed by atoms with E-state index in [1.807, 2.05) is 0 Å². The van der Waals surface area contributed by atoms with Crippen LogP contribution in [0.15, 0.2) is 72.8 Å². The topological polar surface area (TPSA) is 149 Å². The van der Waals surface area contributed by atoms with Crippen molar-refractivity contribution in [1.29, 1.82) is 0 Å². The molecule has 0 radical (unpaired) electrons. The Balaban J connectivity index is 0.000000181. The molecule has 4 N–H and O–H groups in total. The summed E-state index contributed by atoms with van der Waals surface area (Å²) in [7, 11) is 0. The van der Waals surface area contributed by atoms with Gasteiger partial charge in [-0.2, -0.15) is 0 Å². The van der Waals surface area contributed by atoms with E-state index in [1.165, 1.54) is 30.3 Å². The minimum atomic E-state index is -1.23. The van der Waals surface area contributed by atoms with Gasteiger partial charge in [0.2, 0.25) is 0 Å². The first-order valence-corrected chi connectivity index (χ1v) is 9.18. The fourth-order valence-electron chi connectivity index (χ4n) is 3.28. The summed E-state index contributed by atoms with van der Waals surface area (Å²) in [5.41, 5.74) is -0.0266. The fraction of sp³-hybridized carbons (Fsp3) is 0. The Morgan fingerprint density at radius 3 is 1.78 bits per heavy atom. The molecule has 160 valence electrons. The Bertz CT molecular complexity index is 1390. The average molecular weight is 432 g/mol. The number of rotatable bonds is 4. The van der Waals surface area contributed by atoms with E-state index in [4.69, 9.17) is 20.4 Å². The highest BCUT2D eigenvalue weighted by Gasteiger charge is 2.18. The molecular weight excluding hydrogens is 416 g/mol. The minimum Gasteiger partial charge on any atom is -0.478 e. The second-order valence-corrected chi connectivity index (χ2v) is 6.67. The van der Waals surface area contributed by atoms with Gasteiger partial charge in [-0.3, -0.25) is 0 Å². The SMILES string of the molecule is O=C(O)c1ccc2c(C(=O)O)cccc2c1.O=C(O)c1ccc2ccccc2c1C(=O)O. The minimum absolute atomic E-state index is 0.148. The molecule has 4 rings (SSSR count). The molecule has 8 nitrogen and oxygen atoms in total. The van der Waals surface area contributed by atoms with E-state index < -0.39 is 23.9 Å². The van der Waals surface area contributed by atoms with Gasteiger partial charge in [0, 0.05) is 0 Å². The van der Waals surface area contributed by atoms with Gasteiger partial charge < -0.3 is 20.4 Å². The smallest absolute Gasteiger partial charge is 0.337 e. The van der Waals surface area contributed by atoms with Gasteiger partial charge >= 0.3 is 23.9 Å². The van der Waals surface area contributed by atoms with Gasteiger partial charge in [-0.15, -0.1) is 0 Å². The van der Waals surface area contributed by atoms with E-state index in [0.29, 0.717) is 21.5 Å². The van der Waals surface area contributed by atoms with Gasteiger partial charge in [0.05, 0.1) is 22.3 Å². The second-order valence-electron chi connectivity index (χ2n) is 6.67. The van der Waals surface area contributed by atoms with Crippen LogP contribution in [0.1, 0.15) is 41.4 Å². The zero-order chi connectivity index (χ0) is 23.4. The van der Waals surface area contributed by atoms with E-state index in [1.54, 1.807) is 42.5 Å². The molecule has 0 aliphatic carbocycles. The maximum absolute atomic E-state index is 11.1. The monoisotopic (exact) mass is 432 g/mol. The van der Waals surface area contributed by atoms with Crippen molar-refractivity contribution in [2.45, 2.75) is 0 Å². The molecule has 0 aromatic heterocycles. The zero-order valence-corrected chi connectivity index (χ0v) is 16.4. The lowest BCUT2D eigenvalue weighted by Crippen LogP contribution is -2.08. The van der Waals surface area contributed by atoms with Crippen molar-refractivity contribution in [3.63, 3.8) is 0 Å². The number of benzene rings is 4. The average Bonchev–Trinajstić information content (AvgIpc) is 2.77. The molecule has 32 heavy (non-hydrogen) atoms. The zero-order valence-electron chi connectivity index (χ0n) is 16.4. The van der Waals surface area contributed by atoms with Crippen molar-refractivity contribution in [2.75, 3.05) is 0 Å². The lowest BCUT2D eigenvalue weighted by Gasteiger charge is -2.05. The molecule has 0 atom stereocenters. The molecule has 0 saturated heterocycles. The van der Waals surface area contributed by atoms with Gasteiger partial charge in [0.25, 0.3) is 0 Å². The number of hydrogen-bond donors (Lipinski definition) is 4. The Morgan fingerprint density at radius 1 is 0.500 bits per heavy atom. The number of carboxylic acids is 4. The lowest BCUT2D eigenvalue weighted by atomic mass is 9.99. The molecule has 0 heterocycles. The lowest BCUT2D eigenvalue weighted by molar-refractivity contribution is 0.0653. The van der Waals surface area contributed by atoms with Gasteiger partial charge in [-0.05, 0) is 45.8 Å². The molecule has 0 bridgehead atoms. The molecule has 0 spiro atoms. The summed E-state index contributed by atoms with van der Waals surface area (Å²) in [4.78, 5) is 43.6. The van der Waals surface area contributed by atoms with E-state index in [2.05, 4.69) is 0 Å². The Kier molecular flexibility index (Phi) is 6.16. The van der Waals surface area contributed by atoms with Crippen LogP contribution in [-0.4, -0.2) is 44.3 Å². The van der Waals surface area contributed by atoms with Crippen molar-refractivity contribution < 1.29 is 39.6 Å². The van der Waals surface area contributed by atoms with Crippen molar-refractivity contribution in [3.8, 4) is 0 Å². The third-order valence-electron chi connectivity index (χ3n) is 4.73. The summed E-state index contributed by atoms with van der Waals surface area (Å²) in [6.07, 6.45) is 0. The summed E-state index contributed by atoms with van der Waals surface area (Å²) >= 11 is 0. The first kappa shape index (κ1) is 22.0. The van der Waals surface area contributed by atoms with E-state index >= 15 is 0 Å². The Hall–Kier alpha value is -4.72. The van der Waals surface area contributed by atoms with E-state index in [0.717, 1.165) is 0 Å². The van der Waals surface area contributed by atoms with Crippen LogP contribution in [-0.2, 0) is 0 Å². The van der Waals surface area contributed by atoms with Crippen molar-refractivity contribution in [2.24, 2.45) is 0 Å². The molecule has 0 aliphatic rings. The number of fused-ring (bicyclic) bond motifs is 2. The molecular formula is C24H16O8. The summed E-state index contributed by atoms with van der Waals surface area (Å²) in [6, 6.07) is 18.9. The highest BCUT2D eigenvalue weighted by atomic mass is 16.4. The molecule has 0 unspecified atom stereocenters. The van der Waals surface area contributed by atoms with Gasteiger partial charge in [-0.25, -0.2) is 19.2 Å². The van der Waals surface area contributed by atoms with Crippen LogP contribution < -0.4 is 0 Å². The number of hydrogen-bond acceptors (Lipinski definition) is 4. The van der Waals surface area contributed by atoms with E-state index in [9.17, 15) is 19.2 Å². The maximum atomic E-state index is 11.1. The largest absolute Gasteiger partial charge is 0.478 e. The van der Waals surface area contributed by atoms with Crippen LogP contribution in [0, 0.1) is 0 Å². The first-order chi connectivity index (χ1) is 15.2. The standard InChI is InChI=1S/2C12H8O4/c13-11(14)8-4-5-9-7(6-8)2-1-3-10(9)12(15)16;13-11(14)9-6-5-7-3-1-2-4-8(7)10(9)12(15)16/h2*1-6H,(H,13,14)(H,15,16). The normalized spacial score (nSPS) is 10.2. The number of carboxylic acid groups (broad SMARTS) is 4. The van der Waals surface area contributed by atoms with Crippen molar-refractivity contribution >= 4 is 45.4 Å². The summed E-state index contributed by atoms with van der Waals surface area (Å²) in [5, 5.41) is 38.0. The van der Waals surface area contributed by atoms with Gasteiger partial charge in [0.15, 0.2) is 0 Å². The van der Waals surface area contributed by atoms with Gasteiger partial charge in [0.1, 0.15) is 0 Å². The third-order valence-corrected chi connectivity index (χ3v) is 4.73. The van der Waals surface area contributed by atoms with Crippen LogP contribution >= 0.6 is 0 Å². The summed E-state index contributed by atoms with van der Waals surface area (Å²) < 4.78 is 0. The van der Waals surface area contributed by atoms with Crippen LogP contribution in [0.4, 0.5) is 0 Å². The molecule has 4 aromatic carbocycles. The number of aromatic carboxylic acids is 4. The third kappa shape index (κ3) is 4.39. The maximum Gasteiger partial charge on any atom is 0.337 e. The number of carbonyl (C=O) groups is 4. The summed E-state index contributed by atoms with van der Waals surface area (Å²) in [5.74, 6) is -4.51. The molecule has 4 aromatic rings. The fourth-order valence-corrected chi connectivity index (χ4v) is 3.28. The van der Waals surface area contributed by atoms with Crippen LogP contribution in [0.2, 0.25) is 0 Å². The van der Waals surface area contributed by atoms with Crippen LogP contribution in [0.3, 0.4) is 0 Å². The molecule has 0 fully saturated rings. The molecule has 0 saturated carbocycles. The van der Waals surface area contributed by atoms with Crippen LogP contribution in [0.5, 0.6) is 0 Å². The highest BCUT2D eigenvalue weighted by Crippen LogP contribution is 2.23. The highest BCUT2D eigenvalue weighted by molar-refractivity contribution is 6.11. The van der Waals surface area contributed by atoms with Gasteiger partial charge in [-0.1, -0.05) is 48.5 Å². The molecule has 8 heteroatoms. The quantitative estimate of drug-likeness (QED) is 0.369. The van der Waals surface area contributed by atoms with Crippen molar-refractivity contribution in [1.82, 2.24) is 0 Å². The van der Waals surface area contributed by atoms with Crippen molar-refractivity contribution in [3.05, 3.63) is 95.1 Å². The van der Waals surface area contributed by atoms with E-state index in [-0.39, 0.29) is 22.3 Å². The molecule has 0 aliphatic heterocycles. The Morgan fingerprint density at radius 2 is 1.16 bits per heavy atom. The Labute approximate surface area is 180 Å². The molecule has 0 amide bonds. The summed E-state index contributed by atoms with van der Waals surface area (Å²) in [6.45, 7) is 0. The first-order valence-electron chi connectivity index (χ1n) is 9.18. The van der Waals surface area contributed by atoms with Crippen LogP contribution in [0.25, 0.3) is 21.5 Å².